The lowest BCUT2D eigenvalue weighted by atomic mass is 10.1. The molecule has 0 saturated heterocycles. The summed E-state index contributed by atoms with van der Waals surface area (Å²) in [5.74, 6) is -1.34. The number of furan rings is 1. The molecule has 0 radical (unpaired) electrons. The Morgan fingerprint density at radius 2 is 2.00 bits per heavy atom. The fourth-order valence-electron chi connectivity index (χ4n) is 1.23. The molecule has 0 bridgehead atoms. The number of carboxylic acids is 1. The zero-order valence-corrected chi connectivity index (χ0v) is 7.97. The second-order valence-corrected chi connectivity index (χ2v) is 3.07. The SMILES string of the molecule is Cc1cocc1-c1cnc(C(=O)O)nc1. The monoisotopic (exact) mass is 204 g/mol. The Bertz CT molecular complexity index is 488. The number of aromatic carboxylic acids is 1. The van der Waals surface area contributed by atoms with Crippen LogP contribution < -0.4 is 0 Å². The maximum Gasteiger partial charge on any atom is 0.373 e. The first-order valence-electron chi connectivity index (χ1n) is 4.27. The predicted molar refractivity (Wildman–Crippen MR) is 51.4 cm³/mol. The average molecular weight is 204 g/mol. The zero-order valence-electron chi connectivity index (χ0n) is 7.97. The van der Waals surface area contributed by atoms with Gasteiger partial charge < -0.3 is 9.52 Å². The fourth-order valence-corrected chi connectivity index (χ4v) is 1.23. The molecule has 0 aliphatic carbocycles. The van der Waals surface area contributed by atoms with E-state index in [1.165, 1.54) is 12.4 Å². The van der Waals surface area contributed by atoms with Crippen molar-refractivity contribution in [2.24, 2.45) is 0 Å². The molecule has 76 valence electrons. The van der Waals surface area contributed by atoms with E-state index in [-0.39, 0.29) is 5.82 Å². The van der Waals surface area contributed by atoms with E-state index in [1.54, 1.807) is 12.5 Å². The summed E-state index contributed by atoms with van der Waals surface area (Å²) in [4.78, 5) is 18.0. The van der Waals surface area contributed by atoms with Crippen LogP contribution in [0, 0.1) is 6.92 Å². The van der Waals surface area contributed by atoms with Crippen molar-refractivity contribution in [1.29, 1.82) is 0 Å². The van der Waals surface area contributed by atoms with Crippen LogP contribution in [0.5, 0.6) is 0 Å². The normalized spacial score (nSPS) is 10.2. The standard InChI is InChI=1S/C10H8N2O3/c1-6-4-15-5-8(6)7-2-11-9(10(13)14)12-3-7/h2-5H,1H3,(H,13,14). The van der Waals surface area contributed by atoms with E-state index in [4.69, 9.17) is 9.52 Å². The summed E-state index contributed by atoms with van der Waals surface area (Å²) in [7, 11) is 0. The Kier molecular flexibility index (Phi) is 2.21. The summed E-state index contributed by atoms with van der Waals surface area (Å²) in [6.07, 6.45) is 6.12. The van der Waals surface area contributed by atoms with Crippen LogP contribution >= 0.6 is 0 Å². The van der Waals surface area contributed by atoms with Gasteiger partial charge in [0, 0.05) is 23.5 Å². The number of aromatic nitrogens is 2. The average Bonchev–Trinajstić information content (AvgIpc) is 2.65. The van der Waals surface area contributed by atoms with Crippen molar-refractivity contribution in [3.63, 3.8) is 0 Å². The van der Waals surface area contributed by atoms with Crippen molar-refractivity contribution in [3.8, 4) is 11.1 Å². The number of hydrogen-bond acceptors (Lipinski definition) is 4. The van der Waals surface area contributed by atoms with Gasteiger partial charge in [-0.1, -0.05) is 0 Å². The summed E-state index contributed by atoms with van der Waals surface area (Å²) >= 11 is 0. The molecule has 5 heteroatoms. The number of rotatable bonds is 2. The van der Waals surface area contributed by atoms with Gasteiger partial charge in [-0.15, -0.1) is 0 Å². The van der Waals surface area contributed by atoms with Gasteiger partial charge in [-0.25, -0.2) is 14.8 Å². The molecular weight excluding hydrogens is 196 g/mol. The number of carbonyl (C=O) groups is 1. The summed E-state index contributed by atoms with van der Waals surface area (Å²) in [6.45, 7) is 1.89. The quantitative estimate of drug-likeness (QED) is 0.806. The number of carboxylic acid groups (broad SMARTS) is 1. The van der Waals surface area contributed by atoms with Crippen molar-refractivity contribution in [2.75, 3.05) is 0 Å². The molecule has 1 N–H and O–H groups in total. The highest BCUT2D eigenvalue weighted by molar-refractivity contribution is 5.83. The maximum absolute atomic E-state index is 10.5. The van der Waals surface area contributed by atoms with E-state index in [9.17, 15) is 4.79 Å². The Morgan fingerprint density at radius 3 is 2.47 bits per heavy atom. The third-order valence-corrected chi connectivity index (χ3v) is 2.01. The lowest BCUT2D eigenvalue weighted by Gasteiger charge is -1.98. The van der Waals surface area contributed by atoms with Gasteiger partial charge in [0.25, 0.3) is 0 Å². The maximum atomic E-state index is 10.5. The van der Waals surface area contributed by atoms with Crippen LogP contribution in [0.1, 0.15) is 16.2 Å². The molecule has 0 aromatic carbocycles. The molecule has 0 unspecified atom stereocenters. The Labute approximate surface area is 85.4 Å². The van der Waals surface area contributed by atoms with Gasteiger partial charge in [-0.05, 0) is 12.5 Å². The van der Waals surface area contributed by atoms with E-state index in [2.05, 4.69) is 9.97 Å². The first kappa shape index (κ1) is 9.39. The highest BCUT2D eigenvalue weighted by atomic mass is 16.4. The molecule has 2 heterocycles. The molecule has 0 atom stereocenters. The molecule has 2 aromatic heterocycles. The third-order valence-electron chi connectivity index (χ3n) is 2.01. The minimum absolute atomic E-state index is 0.208. The van der Waals surface area contributed by atoms with Crippen molar-refractivity contribution >= 4 is 5.97 Å². The van der Waals surface area contributed by atoms with Gasteiger partial charge in [0.1, 0.15) is 0 Å². The predicted octanol–water partition coefficient (Wildman–Crippen LogP) is 1.74. The first-order valence-corrected chi connectivity index (χ1v) is 4.27. The van der Waals surface area contributed by atoms with Crippen molar-refractivity contribution in [3.05, 3.63) is 36.3 Å². The number of hydrogen-bond donors (Lipinski definition) is 1. The Morgan fingerprint density at radius 1 is 1.33 bits per heavy atom. The van der Waals surface area contributed by atoms with Crippen molar-refractivity contribution in [1.82, 2.24) is 9.97 Å². The van der Waals surface area contributed by atoms with Crippen LogP contribution in [0.15, 0.2) is 29.3 Å². The summed E-state index contributed by atoms with van der Waals surface area (Å²) in [5, 5.41) is 8.62. The van der Waals surface area contributed by atoms with Crippen LogP contribution in [0.3, 0.4) is 0 Å². The second kappa shape index (κ2) is 3.53. The summed E-state index contributed by atoms with van der Waals surface area (Å²) in [6, 6.07) is 0. The molecular formula is C10H8N2O3. The van der Waals surface area contributed by atoms with Gasteiger partial charge >= 0.3 is 5.97 Å². The van der Waals surface area contributed by atoms with Crippen LogP contribution in [0.4, 0.5) is 0 Å². The van der Waals surface area contributed by atoms with Gasteiger partial charge in [0.15, 0.2) is 0 Å². The molecule has 5 nitrogen and oxygen atoms in total. The van der Waals surface area contributed by atoms with E-state index < -0.39 is 5.97 Å². The van der Waals surface area contributed by atoms with Crippen molar-refractivity contribution in [2.45, 2.75) is 6.92 Å². The topological polar surface area (TPSA) is 76.2 Å². The Hall–Kier alpha value is -2.17. The smallest absolute Gasteiger partial charge is 0.373 e. The largest absolute Gasteiger partial charge is 0.475 e. The minimum Gasteiger partial charge on any atom is -0.475 e. The molecule has 0 saturated carbocycles. The van der Waals surface area contributed by atoms with Gasteiger partial charge in [0.05, 0.1) is 12.5 Å². The molecule has 2 aromatic rings. The van der Waals surface area contributed by atoms with Gasteiger partial charge in [-0.3, -0.25) is 0 Å². The van der Waals surface area contributed by atoms with Crippen LogP contribution in [0.25, 0.3) is 11.1 Å². The number of aryl methyl sites for hydroxylation is 1. The highest BCUT2D eigenvalue weighted by Gasteiger charge is 2.08. The first-order chi connectivity index (χ1) is 7.18. The number of nitrogens with zero attached hydrogens (tertiary/aromatic N) is 2. The van der Waals surface area contributed by atoms with Crippen LogP contribution in [-0.2, 0) is 0 Å². The third kappa shape index (κ3) is 1.71. The van der Waals surface area contributed by atoms with E-state index in [1.807, 2.05) is 6.92 Å². The lowest BCUT2D eigenvalue weighted by molar-refractivity contribution is 0.0683. The molecule has 0 amide bonds. The van der Waals surface area contributed by atoms with E-state index in [0.717, 1.165) is 16.7 Å². The van der Waals surface area contributed by atoms with Gasteiger partial charge in [-0.2, -0.15) is 0 Å². The molecule has 0 aliphatic heterocycles. The Balaban J connectivity index is 2.40. The molecule has 15 heavy (non-hydrogen) atoms. The highest BCUT2D eigenvalue weighted by Crippen LogP contribution is 2.22. The fraction of sp³-hybridized carbons (Fsp3) is 0.100. The van der Waals surface area contributed by atoms with E-state index >= 15 is 0 Å². The van der Waals surface area contributed by atoms with Crippen LogP contribution in [0.2, 0.25) is 0 Å². The zero-order chi connectivity index (χ0) is 10.8. The molecule has 0 aliphatic rings. The molecule has 0 fully saturated rings. The lowest BCUT2D eigenvalue weighted by Crippen LogP contribution is -2.03. The second-order valence-electron chi connectivity index (χ2n) is 3.07. The molecule has 2 rings (SSSR count). The van der Waals surface area contributed by atoms with E-state index in [0.29, 0.717) is 0 Å². The summed E-state index contributed by atoms with van der Waals surface area (Å²) < 4.78 is 5.01. The van der Waals surface area contributed by atoms with Crippen LogP contribution in [-0.4, -0.2) is 21.0 Å². The van der Waals surface area contributed by atoms with Crippen molar-refractivity contribution < 1.29 is 14.3 Å². The minimum atomic E-state index is -1.13. The molecule has 0 spiro atoms. The summed E-state index contributed by atoms with van der Waals surface area (Å²) in [5.41, 5.74) is 2.57. The van der Waals surface area contributed by atoms with Gasteiger partial charge in [0.2, 0.25) is 5.82 Å².